The lowest BCUT2D eigenvalue weighted by Gasteiger charge is -2.20. The second kappa shape index (κ2) is 5.29. The van der Waals surface area contributed by atoms with Gasteiger partial charge in [-0.3, -0.25) is 9.48 Å². The molecule has 2 N–H and O–H groups in total. The van der Waals surface area contributed by atoms with E-state index in [1.165, 1.54) is 4.90 Å². The summed E-state index contributed by atoms with van der Waals surface area (Å²) in [5.74, 6) is -0.996. The maximum absolute atomic E-state index is 12.1. The van der Waals surface area contributed by atoms with Crippen LogP contribution in [0.15, 0.2) is 6.20 Å². The molecule has 0 aliphatic heterocycles. The quantitative estimate of drug-likeness (QED) is 0.834. The number of nitrogens with one attached hydrogen (secondary N) is 1. The van der Waals surface area contributed by atoms with Gasteiger partial charge in [-0.2, -0.15) is 5.10 Å². The van der Waals surface area contributed by atoms with E-state index in [1.54, 1.807) is 17.9 Å². The highest BCUT2D eigenvalue weighted by atomic mass is 16.4. The van der Waals surface area contributed by atoms with Gasteiger partial charge in [-0.05, 0) is 19.3 Å². The van der Waals surface area contributed by atoms with Crippen molar-refractivity contribution in [2.75, 3.05) is 11.9 Å². The molecule has 0 radical (unpaired) electrons. The van der Waals surface area contributed by atoms with Crippen molar-refractivity contribution in [1.29, 1.82) is 0 Å². The van der Waals surface area contributed by atoms with Crippen LogP contribution in [0, 0.1) is 0 Å². The number of urea groups is 1. The van der Waals surface area contributed by atoms with Gasteiger partial charge in [0.25, 0.3) is 0 Å². The van der Waals surface area contributed by atoms with Crippen molar-refractivity contribution in [3.8, 4) is 0 Å². The standard InChI is InChI=1S/C12H18N4O3/c1-3-9-10(6-15(2)14-9)13-12(19)16(7-11(17)18)8-4-5-8/h6,8H,3-5,7H2,1-2H3,(H,13,19)(H,17,18). The van der Waals surface area contributed by atoms with E-state index in [2.05, 4.69) is 10.4 Å². The molecule has 19 heavy (non-hydrogen) atoms. The van der Waals surface area contributed by atoms with Crippen LogP contribution in [0.3, 0.4) is 0 Å². The summed E-state index contributed by atoms with van der Waals surface area (Å²) >= 11 is 0. The molecule has 1 saturated carbocycles. The van der Waals surface area contributed by atoms with Crippen LogP contribution >= 0.6 is 0 Å². The minimum Gasteiger partial charge on any atom is -0.480 e. The highest BCUT2D eigenvalue weighted by molar-refractivity contribution is 5.92. The van der Waals surface area contributed by atoms with Crippen molar-refractivity contribution in [2.24, 2.45) is 7.05 Å². The normalized spacial score (nSPS) is 14.2. The number of anilines is 1. The van der Waals surface area contributed by atoms with Gasteiger partial charge in [0.2, 0.25) is 0 Å². The Kier molecular flexibility index (Phi) is 3.73. The number of carboxylic acid groups (broad SMARTS) is 1. The number of aromatic nitrogens is 2. The summed E-state index contributed by atoms with van der Waals surface area (Å²) in [7, 11) is 1.78. The van der Waals surface area contributed by atoms with E-state index in [9.17, 15) is 9.59 Å². The predicted molar refractivity (Wildman–Crippen MR) is 69.0 cm³/mol. The van der Waals surface area contributed by atoms with E-state index in [0.29, 0.717) is 12.1 Å². The minimum atomic E-state index is -0.996. The molecule has 0 unspecified atom stereocenters. The number of carbonyl (C=O) groups is 2. The van der Waals surface area contributed by atoms with E-state index >= 15 is 0 Å². The average Bonchev–Trinajstić information content (AvgIpc) is 3.10. The van der Waals surface area contributed by atoms with Crippen LogP contribution in [0.1, 0.15) is 25.5 Å². The number of hydrogen-bond acceptors (Lipinski definition) is 3. The molecule has 2 rings (SSSR count). The number of nitrogens with zero attached hydrogens (tertiary/aromatic N) is 3. The molecule has 0 aromatic carbocycles. The lowest BCUT2D eigenvalue weighted by Crippen LogP contribution is -2.40. The van der Waals surface area contributed by atoms with E-state index in [-0.39, 0.29) is 18.6 Å². The molecule has 0 spiro atoms. The van der Waals surface area contributed by atoms with Crippen LogP contribution in [-0.2, 0) is 18.3 Å². The first-order valence-electron chi connectivity index (χ1n) is 6.33. The number of rotatable bonds is 5. The molecule has 0 bridgehead atoms. The first-order chi connectivity index (χ1) is 9.01. The fraction of sp³-hybridized carbons (Fsp3) is 0.583. The molecule has 0 saturated heterocycles. The fourth-order valence-corrected chi connectivity index (χ4v) is 1.99. The number of hydrogen-bond donors (Lipinski definition) is 2. The third kappa shape index (κ3) is 3.24. The van der Waals surface area contributed by atoms with Crippen LogP contribution in [0.4, 0.5) is 10.5 Å². The topological polar surface area (TPSA) is 87.5 Å². The largest absolute Gasteiger partial charge is 0.480 e. The van der Waals surface area contributed by atoms with Gasteiger partial charge in [0.05, 0.1) is 11.4 Å². The molecule has 1 aromatic rings. The van der Waals surface area contributed by atoms with E-state index in [1.807, 2.05) is 6.92 Å². The Morgan fingerprint density at radius 3 is 2.79 bits per heavy atom. The lowest BCUT2D eigenvalue weighted by molar-refractivity contribution is -0.137. The first-order valence-corrected chi connectivity index (χ1v) is 6.33. The zero-order valence-electron chi connectivity index (χ0n) is 11.1. The van der Waals surface area contributed by atoms with E-state index in [4.69, 9.17) is 5.11 Å². The molecule has 1 aromatic heterocycles. The van der Waals surface area contributed by atoms with Gasteiger partial charge >= 0.3 is 12.0 Å². The van der Waals surface area contributed by atoms with Crippen molar-refractivity contribution in [2.45, 2.75) is 32.2 Å². The average molecular weight is 266 g/mol. The number of carbonyl (C=O) groups excluding carboxylic acids is 1. The SMILES string of the molecule is CCc1nn(C)cc1NC(=O)N(CC(=O)O)C1CC1. The molecule has 1 fully saturated rings. The Bertz CT molecular complexity index is 493. The van der Waals surface area contributed by atoms with Crippen LogP contribution < -0.4 is 5.32 Å². The highest BCUT2D eigenvalue weighted by Crippen LogP contribution is 2.27. The summed E-state index contributed by atoms with van der Waals surface area (Å²) in [6.45, 7) is 1.69. The van der Waals surface area contributed by atoms with Crippen molar-refractivity contribution >= 4 is 17.7 Å². The Morgan fingerprint density at radius 2 is 2.26 bits per heavy atom. The fourth-order valence-electron chi connectivity index (χ4n) is 1.99. The van der Waals surface area contributed by atoms with Gasteiger partial charge < -0.3 is 15.3 Å². The molecule has 7 nitrogen and oxygen atoms in total. The molecule has 104 valence electrons. The number of carboxylic acids is 1. The van der Waals surface area contributed by atoms with Gasteiger partial charge in [0, 0.05) is 19.3 Å². The van der Waals surface area contributed by atoms with Crippen molar-refractivity contribution in [3.05, 3.63) is 11.9 Å². The molecule has 0 atom stereocenters. The van der Waals surface area contributed by atoms with E-state index in [0.717, 1.165) is 18.5 Å². The minimum absolute atomic E-state index is 0.0536. The van der Waals surface area contributed by atoms with Gasteiger partial charge in [0.1, 0.15) is 6.54 Å². The van der Waals surface area contributed by atoms with Gasteiger partial charge in [-0.15, -0.1) is 0 Å². The number of aryl methyl sites for hydroxylation is 2. The summed E-state index contributed by atoms with van der Waals surface area (Å²) in [5.41, 5.74) is 1.44. The third-order valence-corrected chi connectivity index (χ3v) is 3.04. The molecule has 1 heterocycles. The Balaban J connectivity index is 2.07. The maximum Gasteiger partial charge on any atom is 0.323 e. The lowest BCUT2D eigenvalue weighted by atomic mass is 10.3. The van der Waals surface area contributed by atoms with Crippen molar-refractivity contribution < 1.29 is 14.7 Å². The predicted octanol–water partition coefficient (Wildman–Crippen LogP) is 1.06. The Hall–Kier alpha value is -2.05. The molecule has 7 heteroatoms. The van der Waals surface area contributed by atoms with Crippen LogP contribution in [0.25, 0.3) is 0 Å². The second-order valence-electron chi connectivity index (χ2n) is 4.70. The summed E-state index contributed by atoms with van der Waals surface area (Å²) in [6, 6.07) is -0.314. The zero-order valence-corrected chi connectivity index (χ0v) is 11.1. The van der Waals surface area contributed by atoms with Crippen LogP contribution in [0.5, 0.6) is 0 Å². The zero-order chi connectivity index (χ0) is 14.0. The third-order valence-electron chi connectivity index (χ3n) is 3.04. The maximum atomic E-state index is 12.1. The number of amides is 2. The first kappa shape index (κ1) is 13.4. The molecule has 1 aliphatic carbocycles. The monoisotopic (exact) mass is 266 g/mol. The molecular formula is C12H18N4O3. The highest BCUT2D eigenvalue weighted by Gasteiger charge is 2.34. The summed E-state index contributed by atoms with van der Waals surface area (Å²) in [5, 5.41) is 15.8. The van der Waals surface area contributed by atoms with Gasteiger partial charge in [-0.1, -0.05) is 6.92 Å². The smallest absolute Gasteiger partial charge is 0.323 e. The molecular weight excluding hydrogens is 248 g/mol. The van der Waals surface area contributed by atoms with Gasteiger partial charge in [-0.25, -0.2) is 4.79 Å². The molecule has 1 aliphatic rings. The summed E-state index contributed by atoms with van der Waals surface area (Å²) < 4.78 is 1.63. The van der Waals surface area contributed by atoms with Crippen LogP contribution in [0.2, 0.25) is 0 Å². The van der Waals surface area contributed by atoms with Crippen molar-refractivity contribution in [1.82, 2.24) is 14.7 Å². The second-order valence-corrected chi connectivity index (χ2v) is 4.70. The Morgan fingerprint density at radius 1 is 1.58 bits per heavy atom. The summed E-state index contributed by atoms with van der Waals surface area (Å²) in [6.07, 6.45) is 4.17. The van der Waals surface area contributed by atoms with Gasteiger partial charge in [0.15, 0.2) is 0 Å². The molecule has 2 amide bonds. The van der Waals surface area contributed by atoms with Crippen molar-refractivity contribution in [3.63, 3.8) is 0 Å². The van der Waals surface area contributed by atoms with Crippen LogP contribution in [-0.4, -0.2) is 44.4 Å². The number of aliphatic carboxylic acids is 1. The van der Waals surface area contributed by atoms with E-state index < -0.39 is 5.97 Å². The summed E-state index contributed by atoms with van der Waals surface area (Å²) in [4.78, 5) is 24.3. The Labute approximate surface area is 111 Å².